The number of nitrogens with two attached hydrogens (primary N) is 1. The maximum atomic E-state index is 12.7. The second-order valence-electron chi connectivity index (χ2n) is 6.91. The molecule has 0 atom stereocenters. The third-order valence-corrected chi connectivity index (χ3v) is 5.95. The molecule has 2 aromatic rings. The zero-order chi connectivity index (χ0) is 21.9. The number of nitro groups is 1. The fraction of sp³-hybridized carbons (Fsp3) is 0.316. The van der Waals surface area contributed by atoms with Gasteiger partial charge in [0.05, 0.1) is 12.0 Å². The van der Waals surface area contributed by atoms with E-state index in [0.717, 1.165) is 0 Å². The molecule has 1 amide bonds. The minimum atomic E-state index is -4.02. The molecule has 0 unspecified atom stereocenters. The van der Waals surface area contributed by atoms with Crippen LogP contribution in [0.2, 0.25) is 0 Å². The van der Waals surface area contributed by atoms with E-state index >= 15 is 0 Å². The smallest absolute Gasteiger partial charge is 0.292 e. The van der Waals surface area contributed by atoms with Gasteiger partial charge >= 0.3 is 0 Å². The van der Waals surface area contributed by atoms with E-state index in [0.29, 0.717) is 37.3 Å². The molecule has 3 N–H and O–H groups in total. The van der Waals surface area contributed by atoms with E-state index in [9.17, 15) is 23.3 Å². The summed E-state index contributed by atoms with van der Waals surface area (Å²) in [5.41, 5.74) is 0.870. The van der Waals surface area contributed by atoms with Crippen LogP contribution in [-0.4, -0.2) is 39.4 Å². The molecule has 1 saturated heterocycles. The van der Waals surface area contributed by atoms with Gasteiger partial charge in [-0.05, 0) is 37.1 Å². The normalized spacial score (nSPS) is 14.9. The zero-order valence-corrected chi connectivity index (χ0v) is 17.1. The summed E-state index contributed by atoms with van der Waals surface area (Å²) in [6, 6.07) is 10.7. The van der Waals surface area contributed by atoms with Crippen LogP contribution in [0.4, 0.5) is 17.1 Å². The van der Waals surface area contributed by atoms with Gasteiger partial charge in [-0.25, -0.2) is 13.6 Å². The van der Waals surface area contributed by atoms with Gasteiger partial charge in [0.1, 0.15) is 16.3 Å². The lowest BCUT2D eigenvalue weighted by Gasteiger charge is -2.32. The number of para-hydroxylation sites is 2. The Morgan fingerprint density at radius 3 is 2.50 bits per heavy atom. The van der Waals surface area contributed by atoms with Crippen molar-refractivity contribution in [1.82, 2.24) is 0 Å². The number of nitro benzene ring substituents is 1. The number of carbonyl (C=O) groups excluding carboxylic acids is 1. The highest BCUT2D eigenvalue weighted by Crippen LogP contribution is 2.32. The summed E-state index contributed by atoms with van der Waals surface area (Å²) >= 11 is 0. The Morgan fingerprint density at radius 2 is 1.90 bits per heavy atom. The molecule has 10 nitrogen and oxygen atoms in total. The fourth-order valence-electron chi connectivity index (χ4n) is 3.49. The van der Waals surface area contributed by atoms with Crippen LogP contribution in [-0.2, 0) is 14.8 Å². The highest BCUT2D eigenvalue weighted by molar-refractivity contribution is 7.89. The van der Waals surface area contributed by atoms with Crippen molar-refractivity contribution in [2.75, 3.05) is 30.4 Å². The van der Waals surface area contributed by atoms with Crippen molar-refractivity contribution in [3.63, 3.8) is 0 Å². The number of piperidine rings is 1. The molecule has 2 aromatic carbocycles. The second kappa shape index (κ2) is 8.67. The van der Waals surface area contributed by atoms with Crippen molar-refractivity contribution in [2.45, 2.75) is 17.7 Å². The standard InChI is InChI=1S/C19H22N4O6S/c1-29-17-7-6-14(12-18(17)30(20,27)28)21-19(24)13-8-10-22(11-9-13)15-4-2-3-5-16(15)23(25)26/h2-7,12-13H,8-11H2,1H3,(H,21,24)(H2,20,27,28). The molecule has 0 bridgehead atoms. The summed E-state index contributed by atoms with van der Waals surface area (Å²) in [5, 5.41) is 19.2. The minimum Gasteiger partial charge on any atom is -0.495 e. The average molecular weight is 434 g/mol. The molecule has 0 aromatic heterocycles. The number of methoxy groups -OCH3 is 1. The summed E-state index contributed by atoms with van der Waals surface area (Å²) in [7, 11) is -2.69. The van der Waals surface area contributed by atoms with Crippen LogP contribution in [0.25, 0.3) is 0 Å². The number of hydrogen-bond donors (Lipinski definition) is 2. The largest absolute Gasteiger partial charge is 0.495 e. The molecule has 1 aliphatic heterocycles. The Hall–Kier alpha value is -3.18. The maximum Gasteiger partial charge on any atom is 0.292 e. The van der Waals surface area contributed by atoms with E-state index in [-0.39, 0.29) is 28.2 Å². The predicted molar refractivity (Wildman–Crippen MR) is 111 cm³/mol. The van der Waals surface area contributed by atoms with Gasteiger partial charge in [0.15, 0.2) is 0 Å². The first kappa shape index (κ1) is 21.5. The zero-order valence-electron chi connectivity index (χ0n) is 16.3. The summed E-state index contributed by atoms with van der Waals surface area (Å²) in [6.45, 7) is 0.988. The van der Waals surface area contributed by atoms with Crippen molar-refractivity contribution in [2.24, 2.45) is 11.1 Å². The van der Waals surface area contributed by atoms with Gasteiger partial charge in [-0.2, -0.15) is 0 Å². The molecule has 1 fully saturated rings. The van der Waals surface area contributed by atoms with Gasteiger partial charge in [-0.15, -0.1) is 0 Å². The molecular weight excluding hydrogens is 412 g/mol. The van der Waals surface area contributed by atoms with Gasteiger partial charge in [0.2, 0.25) is 15.9 Å². The Kier molecular flexibility index (Phi) is 6.22. The van der Waals surface area contributed by atoms with E-state index in [4.69, 9.17) is 9.88 Å². The minimum absolute atomic E-state index is 0.0363. The van der Waals surface area contributed by atoms with E-state index in [1.807, 2.05) is 4.90 Å². The molecule has 1 heterocycles. The Bertz CT molecular complexity index is 1060. The van der Waals surface area contributed by atoms with Crippen LogP contribution in [0.3, 0.4) is 0 Å². The SMILES string of the molecule is COc1ccc(NC(=O)C2CCN(c3ccccc3[N+](=O)[O-])CC2)cc1S(N)(=O)=O. The number of nitrogens with one attached hydrogen (secondary N) is 1. The van der Waals surface area contributed by atoms with E-state index in [1.54, 1.807) is 18.2 Å². The third-order valence-electron chi connectivity index (χ3n) is 5.02. The van der Waals surface area contributed by atoms with Gasteiger partial charge in [0, 0.05) is 30.8 Å². The summed E-state index contributed by atoms with van der Waals surface area (Å²) in [6.07, 6.45) is 1.02. The fourth-order valence-corrected chi connectivity index (χ4v) is 4.21. The van der Waals surface area contributed by atoms with Crippen molar-refractivity contribution >= 4 is 33.0 Å². The summed E-state index contributed by atoms with van der Waals surface area (Å²) in [4.78, 5) is 25.2. The molecule has 3 rings (SSSR count). The van der Waals surface area contributed by atoms with Crippen LogP contribution < -0.4 is 20.1 Å². The maximum absolute atomic E-state index is 12.7. The first-order valence-electron chi connectivity index (χ1n) is 9.21. The van der Waals surface area contributed by atoms with Crippen LogP contribution in [0, 0.1) is 16.0 Å². The second-order valence-corrected chi connectivity index (χ2v) is 8.44. The van der Waals surface area contributed by atoms with Crippen LogP contribution in [0.5, 0.6) is 5.75 Å². The average Bonchev–Trinajstić information content (AvgIpc) is 2.73. The Balaban J connectivity index is 1.67. The van der Waals surface area contributed by atoms with Gasteiger partial charge in [-0.1, -0.05) is 12.1 Å². The first-order valence-corrected chi connectivity index (χ1v) is 10.8. The van der Waals surface area contributed by atoms with Crippen molar-refractivity contribution < 1.29 is 22.9 Å². The number of carbonyl (C=O) groups is 1. The summed E-state index contributed by atoms with van der Waals surface area (Å²) < 4.78 is 28.5. The third kappa shape index (κ3) is 4.69. The molecule has 30 heavy (non-hydrogen) atoms. The number of anilines is 2. The number of rotatable bonds is 6. The Labute approximate surface area is 173 Å². The van der Waals surface area contributed by atoms with E-state index in [2.05, 4.69) is 5.32 Å². The molecule has 0 saturated carbocycles. The van der Waals surface area contributed by atoms with Crippen LogP contribution in [0.1, 0.15) is 12.8 Å². The highest BCUT2D eigenvalue weighted by Gasteiger charge is 2.28. The lowest BCUT2D eigenvalue weighted by atomic mass is 9.95. The van der Waals surface area contributed by atoms with Gasteiger partial charge in [0.25, 0.3) is 5.69 Å². The van der Waals surface area contributed by atoms with Crippen LogP contribution >= 0.6 is 0 Å². The number of sulfonamides is 1. The molecule has 1 aliphatic rings. The monoisotopic (exact) mass is 434 g/mol. The Morgan fingerprint density at radius 1 is 1.23 bits per heavy atom. The quantitative estimate of drug-likeness (QED) is 0.523. The first-order chi connectivity index (χ1) is 14.2. The van der Waals surface area contributed by atoms with Gasteiger partial charge < -0.3 is 15.0 Å². The number of hydrogen-bond acceptors (Lipinski definition) is 7. The number of amides is 1. The number of ether oxygens (including phenoxy) is 1. The van der Waals surface area contributed by atoms with E-state index in [1.165, 1.54) is 31.4 Å². The summed E-state index contributed by atoms with van der Waals surface area (Å²) in [5.74, 6) is -0.458. The molecule has 11 heteroatoms. The highest BCUT2D eigenvalue weighted by atomic mass is 32.2. The lowest BCUT2D eigenvalue weighted by molar-refractivity contribution is -0.384. The molecular formula is C19H22N4O6S. The van der Waals surface area contributed by atoms with Crippen molar-refractivity contribution in [1.29, 1.82) is 0 Å². The number of benzene rings is 2. The lowest BCUT2D eigenvalue weighted by Crippen LogP contribution is -2.38. The molecule has 0 spiro atoms. The van der Waals surface area contributed by atoms with Gasteiger partial charge in [-0.3, -0.25) is 14.9 Å². The van der Waals surface area contributed by atoms with Crippen molar-refractivity contribution in [3.05, 3.63) is 52.6 Å². The number of nitrogens with zero attached hydrogens (tertiary/aromatic N) is 2. The van der Waals surface area contributed by atoms with E-state index < -0.39 is 14.9 Å². The number of primary sulfonamides is 1. The van der Waals surface area contributed by atoms with Crippen LogP contribution in [0.15, 0.2) is 47.4 Å². The predicted octanol–water partition coefficient (Wildman–Crippen LogP) is 2.11. The molecule has 0 aliphatic carbocycles. The topological polar surface area (TPSA) is 145 Å². The molecule has 0 radical (unpaired) electrons. The van der Waals surface area contributed by atoms with Crippen molar-refractivity contribution in [3.8, 4) is 5.75 Å². The molecule has 160 valence electrons.